The number of nitrogens with one attached hydrogen (secondary N) is 1. The Labute approximate surface area is 294 Å². The molecular formula is C39H38N2O10. The van der Waals surface area contributed by atoms with Crippen molar-refractivity contribution >= 4 is 41.3 Å². The third-order valence-corrected chi connectivity index (χ3v) is 8.39. The molecule has 2 amide bonds. The van der Waals surface area contributed by atoms with Crippen LogP contribution < -0.4 is 14.8 Å². The van der Waals surface area contributed by atoms with Crippen molar-refractivity contribution in [3.05, 3.63) is 120 Å². The molecule has 2 heterocycles. The lowest BCUT2D eigenvalue weighted by atomic mass is 9.86. The van der Waals surface area contributed by atoms with E-state index in [1.54, 1.807) is 67.6 Å². The molecule has 1 aliphatic rings. The van der Waals surface area contributed by atoms with Gasteiger partial charge in [-0.2, -0.15) is 0 Å². The number of aliphatic carboxylic acids is 1. The van der Waals surface area contributed by atoms with Crippen LogP contribution in [0.3, 0.4) is 0 Å². The number of amides is 2. The fraction of sp³-hybridized carbons (Fsp3) is 0.256. The van der Waals surface area contributed by atoms with Crippen molar-refractivity contribution < 1.29 is 47.7 Å². The third-order valence-electron chi connectivity index (χ3n) is 8.39. The van der Waals surface area contributed by atoms with Gasteiger partial charge in [0.15, 0.2) is 17.3 Å². The number of Topliss-reactive ketones (excluding diaryl/α,β-unsaturated/α-hetero) is 1. The Morgan fingerprint density at radius 2 is 1.63 bits per heavy atom. The molecule has 0 saturated heterocycles. The maximum Gasteiger partial charge on any atom is 0.317 e. The summed E-state index contributed by atoms with van der Waals surface area (Å²) in [6, 6.07) is 26.1. The van der Waals surface area contributed by atoms with E-state index < -0.39 is 53.8 Å². The minimum atomic E-state index is -1.83. The first-order valence-electron chi connectivity index (χ1n) is 16.4. The number of benzene rings is 3. The van der Waals surface area contributed by atoms with Crippen LogP contribution in [0.25, 0.3) is 6.08 Å². The number of rotatable bonds is 16. The molecule has 1 aromatic heterocycles. The quantitative estimate of drug-likeness (QED) is 0.0841. The van der Waals surface area contributed by atoms with Gasteiger partial charge in [0.05, 0.1) is 13.0 Å². The first kappa shape index (κ1) is 36.1. The molecule has 12 heteroatoms. The van der Waals surface area contributed by atoms with Gasteiger partial charge in [-0.25, -0.2) is 0 Å². The lowest BCUT2D eigenvalue weighted by Crippen LogP contribution is -2.48. The molecule has 0 aliphatic carbocycles. The average Bonchev–Trinajstić information content (AvgIpc) is 3.81. The Morgan fingerprint density at radius 1 is 0.922 bits per heavy atom. The second kappa shape index (κ2) is 17.0. The van der Waals surface area contributed by atoms with Crippen LogP contribution in [0.15, 0.2) is 101 Å². The molecule has 12 nitrogen and oxygen atoms in total. The maximum absolute atomic E-state index is 14.1. The number of anilines is 1. The predicted octanol–water partition coefficient (Wildman–Crippen LogP) is 5.74. The normalized spacial score (nSPS) is 13.6. The molecular weight excluding hydrogens is 656 g/mol. The zero-order valence-electron chi connectivity index (χ0n) is 28.2. The van der Waals surface area contributed by atoms with Crippen LogP contribution in [0.4, 0.5) is 5.69 Å². The number of fused-ring (bicyclic) bond motifs is 1. The summed E-state index contributed by atoms with van der Waals surface area (Å²) in [5.74, 6) is -6.06. The van der Waals surface area contributed by atoms with E-state index in [4.69, 9.17) is 18.6 Å². The Bertz CT molecular complexity index is 1890. The molecule has 3 aromatic carbocycles. The van der Waals surface area contributed by atoms with Gasteiger partial charge in [-0.1, -0.05) is 66.7 Å². The number of esters is 1. The molecule has 0 saturated carbocycles. The number of nitrogens with zero attached hydrogens (tertiary/aromatic N) is 1. The molecule has 0 bridgehead atoms. The van der Waals surface area contributed by atoms with Gasteiger partial charge in [-0.05, 0) is 61.4 Å². The van der Waals surface area contributed by atoms with Gasteiger partial charge in [0, 0.05) is 30.6 Å². The van der Waals surface area contributed by atoms with Gasteiger partial charge in [0.25, 0.3) is 11.8 Å². The summed E-state index contributed by atoms with van der Waals surface area (Å²) < 4.78 is 22.1. The summed E-state index contributed by atoms with van der Waals surface area (Å²) in [4.78, 5) is 66.5. The highest BCUT2D eigenvalue weighted by atomic mass is 16.7. The van der Waals surface area contributed by atoms with Crippen molar-refractivity contribution in [3.63, 3.8) is 0 Å². The Hall–Kier alpha value is -6.17. The number of carboxylic acid groups (broad SMARTS) is 1. The fourth-order valence-corrected chi connectivity index (χ4v) is 5.76. The van der Waals surface area contributed by atoms with E-state index in [0.29, 0.717) is 28.5 Å². The van der Waals surface area contributed by atoms with Crippen LogP contribution in [0.2, 0.25) is 0 Å². The van der Waals surface area contributed by atoms with Crippen LogP contribution in [0.5, 0.6) is 11.5 Å². The van der Waals surface area contributed by atoms with Gasteiger partial charge in [0.2, 0.25) is 12.6 Å². The summed E-state index contributed by atoms with van der Waals surface area (Å²) in [6.45, 7) is 3.15. The second-order valence-corrected chi connectivity index (χ2v) is 11.8. The van der Waals surface area contributed by atoms with Crippen molar-refractivity contribution in [2.24, 2.45) is 5.92 Å². The number of hydrogen-bond acceptors (Lipinski definition) is 9. The number of carbonyl (C=O) groups excluding carboxylic acids is 4. The number of carboxylic acids is 1. The molecule has 0 radical (unpaired) electrons. The largest absolute Gasteiger partial charge is 0.481 e. The van der Waals surface area contributed by atoms with Crippen LogP contribution in [-0.4, -0.2) is 65.5 Å². The summed E-state index contributed by atoms with van der Waals surface area (Å²) in [5.41, 5.74) is 2.16. The van der Waals surface area contributed by atoms with E-state index in [0.717, 1.165) is 5.56 Å². The molecule has 3 unspecified atom stereocenters. The van der Waals surface area contributed by atoms with Crippen LogP contribution in [-0.2, 0) is 30.3 Å². The summed E-state index contributed by atoms with van der Waals surface area (Å²) >= 11 is 0. The lowest BCUT2D eigenvalue weighted by molar-refractivity contribution is -0.160. The van der Waals surface area contributed by atoms with E-state index in [2.05, 4.69) is 5.32 Å². The number of furan rings is 1. The number of carbonyl (C=O) groups is 5. The molecule has 5 rings (SSSR count). The van der Waals surface area contributed by atoms with E-state index in [-0.39, 0.29) is 32.1 Å². The topological polar surface area (TPSA) is 162 Å². The standard InChI is InChI=1S/C39H38N2O10/c1-3-48-39(47)31(23-35(42)43)36(44)38(46)41(20-10-13-26-11-6-4-7-12-26)25(2)30(27-16-18-32-34(21-27)50-24-49-32)22-29-17-19-33(51-29)37(45)40-28-14-8-5-9-15-28/h4-19,21,25,30-31H,3,20,22-24H2,1-2H3,(H,40,45)(H,42,43). The van der Waals surface area contributed by atoms with Gasteiger partial charge < -0.3 is 34.0 Å². The minimum absolute atomic E-state index is 0.0410. The zero-order chi connectivity index (χ0) is 36.3. The number of ether oxygens (including phenoxy) is 3. The highest BCUT2D eigenvalue weighted by molar-refractivity contribution is 6.40. The highest BCUT2D eigenvalue weighted by Crippen LogP contribution is 2.38. The minimum Gasteiger partial charge on any atom is -0.481 e. The first-order valence-corrected chi connectivity index (χ1v) is 16.4. The number of ketones is 1. The number of para-hydroxylation sites is 1. The molecule has 0 spiro atoms. The molecule has 0 fully saturated rings. The van der Waals surface area contributed by atoms with Crippen LogP contribution in [0, 0.1) is 5.92 Å². The van der Waals surface area contributed by atoms with E-state index in [1.165, 1.54) is 11.8 Å². The summed E-state index contributed by atoms with van der Waals surface area (Å²) in [7, 11) is 0. The van der Waals surface area contributed by atoms with E-state index in [1.807, 2.05) is 42.5 Å². The van der Waals surface area contributed by atoms with Crippen molar-refractivity contribution in [1.82, 2.24) is 4.90 Å². The Morgan fingerprint density at radius 3 is 2.33 bits per heavy atom. The smallest absolute Gasteiger partial charge is 0.317 e. The van der Waals surface area contributed by atoms with Gasteiger partial charge in [-0.3, -0.25) is 24.0 Å². The Kier molecular flexibility index (Phi) is 12.0. The molecule has 3 atom stereocenters. The zero-order valence-corrected chi connectivity index (χ0v) is 28.2. The Balaban J connectivity index is 1.49. The molecule has 51 heavy (non-hydrogen) atoms. The fourth-order valence-electron chi connectivity index (χ4n) is 5.76. The van der Waals surface area contributed by atoms with Crippen molar-refractivity contribution in [2.45, 2.75) is 38.6 Å². The van der Waals surface area contributed by atoms with Gasteiger partial charge >= 0.3 is 11.9 Å². The predicted molar refractivity (Wildman–Crippen MR) is 186 cm³/mol. The maximum atomic E-state index is 14.1. The average molecular weight is 695 g/mol. The summed E-state index contributed by atoms with van der Waals surface area (Å²) in [5, 5.41) is 12.3. The van der Waals surface area contributed by atoms with Crippen LogP contribution >= 0.6 is 0 Å². The highest BCUT2D eigenvalue weighted by Gasteiger charge is 2.40. The van der Waals surface area contributed by atoms with Gasteiger partial charge in [-0.15, -0.1) is 0 Å². The van der Waals surface area contributed by atoms with Gasteiger partial charge in [0.1, 0.15) is 11.7 Å². The van der Waals surface area contributed by atoms with E-state index in [9.17, 15) is 29.1 Å². The molecule has 264 valence electrons. The third kappa shape index (κ3) is 9.30. The lowest BCUT2D eigenvalue weighted by Gasteiger charge is -2.34. The molecule has 2 N–H and O–H groups in total. The summed E-state index contributed by atoms with van der Waals surface area (Å²) in [6.07, 6.45) is 2.77. The van der Waals surface area contributed by atoms with E-state index >= 15 is 0 Å². The first-order chi connectivity index (χ1) is 24.6. The SMILES string of the molecule is CCOC(=O)C(CC(=O)O)C(=O)C(=O)N(CC=Cc1ccccc1)C(C)C(Cc1ccc(C(=O)Nc2ccccc2)o1)c1ccc2c(c1)OCO2. The number of hydrogen-bond donors (Lipinski definition) is 2. The monoisotopic (exact) mass is 694 g/mol. The van der Waals surface area contributed by atoms with Crippen LogP contribution in [0.1, 0.15) is 53.6 Å². The molecule has 4 aromatic rings. The molecule has 1 aliphatic heterocycles. The van der Waals surface area contributed by atoms with Crippen molar-refractivity contribution in [2.75, 3.05) is 25.3 Å². The van der Waals surface area contributed by atoms with Crippen molar-refractivity contribution in [3.8, 4) is 11.5 Å². The second-order valence-electron chi connectivity index (χ2n) is 11.8. The van der Waals surface area contributed by atoms with Crippen molar-refractivity contribution in [1.29, 1.82) is 0 Å².